The summed E-state index contributed by atoms with van der Waals surface area (Å²) in [4.78, 5) is 15.7. The molecule has 19 heavy (non-hydrogen) atoms. The van der Waals surface area contributed by atoms with Gasteiger partial charge >= 0.3 is 0 Å². The molecule has 98 valence electrons. The number of Topliss-reactive ketones (excluding diaryl/α,β-unsaturated/α-hetero) is 1. The third-order valence-corrected chi connectivity index (χ3v) is 5.22. The number of nitrogens with one attached hydrogen (secondary N) is 1. The smallest absolute Gasteiger partial charge is 0.165 e. The maximum atomic E-state index is 12.5. The third-order valence-electron chi connectivity index (χ3n) is 5.22. The van der Waals surface area contributed by atoms with Gasteiger partial charge in [0.1, 0.15) is 0 Å². The normalized spacial score (nSPS) is 29.2. The average Bonchev–Trinajstić information content (AvgIpc) is 3.13. The summed E-state index contributed by atoms with van der Waals surface area (Å²) in [6.07, 6.45) is 8.08. The number of benzene rings is 1. The van der Waals surface area contributed by atoms with Gasteiger partial charge < -0.3 is 4.98 Å². The predicted molar refractivity (Wildman–Crippen MR) is 76.2 cm³/mol. The Kier molecular flexibility index (Phi) is 2.51. The van der Waals surface area contributed by atoms with Crippen molar-refractivity contribution in [3.05, 3.63) is 36.0 Å². The molecule has 0 spiro atoms. The van der Waals surface area contributed by atoms with Crippen LogP contribution in [0.25, 0.3) is 10.9 Å². The topological polar surface area (TPSA) is 32.9 Å². The molecule has 2 fully saturated rings. The minimum atomic E-state index is 0.329. The fraction of sp³-hybridized carbons (Fsp3) is 0.471. The lowest BCUT2D eigenvalue weighted by molar-refractivity contribution is 0.0946. The molecule has 2 aromatic rings. The molecule has 0 radical (unpaired) electrons. The van der Waals surface area contributed by atoms with E-state index in [4.69, 9.17) is 0 Å². The van der Waals surface area contributed by atoms with Gasteiger partial charge in [-0.15, -0.1) is 0 Å². The number of fused-ring (bicyclic) bond motifs is 3. The summed E-state index contributed by atoms with van der Waals surface area (Å²) in [5.74, 6) is 2.74. The van der Waals surface area contributed by atoms with E-state index in [0.29, 0.717) is 11.7 Å². The second kappa shape index (κ2) is 4.22. The molecule has 3 unspecified atom stereocenters. The second-order valence-electron chi connectivity index (χ2n) is 6.31. The molecule has 2 aliphatic carbocycles. The van der Waals surface area contributed by atoms with E-state index < -0.39 is 0 Å². The molecule has 0 aliphatic heterocycles. The number of rotatable bonds is 3. The van der Waals surface area contributed by atoms with Crippen LogP contribution in [-0.4, -0.2) is 10.8 Å². The van der Waals surface area contributed by atoms with Gasteiger partial charge in [-0.25, -0.2) is 0 Å². The first kappa shape index (κ1) is 11.3. The molecular formula is C17H19NO. The quantitative estimate of drug-likeness (QED) is 0.818. The highest BCUT2D eigenvalue weighted by atomic mass is 16.1. The van der Waals surface area contributed by atoms with Crippen molar-refractivity contribution < 1.29 is 4.79 Å². The van der Waals surface area contributed by atoms with Gasteiger partial charge in [0.15, 0.2) is 5.78 Å². The highest BCUT2D eigenvalue weighted by Gasteiger charge is 2.40. The minimum Gasteiger partial charge on any atom is -0.360 e. The van der Waals surface area contributed by atoms with Crippen molar-refractivity contribution in [1.29, 1.82) is 0 Å². The zero-order valence-corrected chi connectivity index (χ0v) is 11.1. The predicted octanol–water partition coefficient (Wildman–Crippen LogP) is 4.18. The van der Waals surface area contributed by atoms with Crippen LogP contribution < -0.4 is 0 Å². The first-order valence-electron chi connectivity index (χ1n) is 7.40. The van der Waals surface area contributed by atoms with Crippen LogP contribution in [0.1, 0.15) is 42.5 Å². The van der Waals surface area contributed by atoms with Gasteiger partial charge in [-0.2, -0.15) is 0 Å². The summed E-state index contributed by atoms with van der Waals surface area (Å²) >= 11 is 0. The Morgan fingerprint density at radius 2 is 2.11 bits per heavy atom. The number of aromatic nitrogens is 1. The van der Waals surface area contributed by atoms with Crippen molar-refractivity contribution in [3.8, 4) is 0 Å². The van der Waals surface area contributed by atoms with Gasteiger partial charge in [0.05, 0.1) is 0 Å². The second-order valence-corrected chi connectivity index (χ2v) is 6.31. The lowest BCUT2D eigenvalue weighted by Crippen LogP contribution is -2.15. The van der Waals surface area contributed by atoms with Crippen molar-refractivity contribution in [1.82, 2.24) is 4.98 Å². The van der Waals surface area contributed by atoms with Gasteiger partial charge in [-0.3, -0.25) is 4.79 Å². The molecule has 0 amide bonds. The van der Waals surface area contributed by atoms with Crippen LogP contribution in [-0.2, 0) is 0 Å². The Morgan fingerprint density at radius 1 is 1.21 bits per heavy atom. The molecule has 2 nitrogen and oxygen atoms in total. The first-order valence-corrected chi connectivity index (χ1v) is 7.40. The van der Waals surface area contributed by atoms with Crippen LogP contribution in [0.3, 0.4) is 0 Å². The van der Waals surface area contributed by atoms with E-state index in [1.807, 2.05) is 30.5 Å². The summed E-state index contributed by atoms with van der Waals surface area (Å²) in [5.41, 5.74) is 1.96. The van der Waals surface area contributed by atoms with E-state index in [0.717, 1.165) is 34.7 Å². The Morgan fingerprint density at radius 3 is 2.89 bits per heavy atom. The summed E-state index contributed by atoms with van der Waals surface area (Å²) in [7, 11) is 0. The Balaban J connectivity index is 1.57. The summed E-state index contributed by atoms with van der Waals surface area (Å²) < 4.78 is 0. The summed E-state index contributed by atoms with van der Waals surface area (Å²) in [6.45, 7) is 0. The van der Waals surface area contributed by atoms with Crippen LogP contribution in [0.15, 0.2) is 30.5 Å². The van der Waals surface area contributed by atoms with Crippen LogP contribution in [0.2, 0.25) is 0 Å². The standard InChI is InChI=1S/C17H19NO/c19-17(9-13-8-11-5-6-12(13)7-11)15-10-18-16-4-2-1-3-14(15)16/h1-4,10-13,18H,5-9H2. The Labute approximate surface area is 113 Å². The average molecular weight is 253 g/mol. The van der Waals surface area contributed by atoms with Crippen molar-refractivity contribution in [2.45, 2.75) is 32.1 Å². The molecule has 1 aromatic carbocycles. The lowest BCUT2D eigenvalue weighted by atomic mass is 9.84. The number of para-hydroxylation sites is 1. The third kappa shape index (κ3) is 1.81. The van der Waals surface area contributed by atoms with E-state index >= 15 is 0 Å². The monoisotopic (exact) mass is 253 g/mol. The molecule has 2 aliphatic rings. The zero-order chi connectivity index (χ0) is 12.8. The van der Waals surface area contributed by atoms with E-state index in [9.17, 15) is 4.79 Å². The molecule has 4 rings (SSSR count). The van der Waals surface area contributed by atoms with Gasteiger partial charge in [-0.05, 0) is 43.1 Å². The highest BCUT2D eigenvalue weighted by molar-refractivity contribution is 6.07. The van der Waals surface area contributed by atoms with E-state index in [1.165, 1.54) is 25.7 Å². The van der Waals surface area contributed by atoms with Crippen LogP contribution >= 0.6 is 0 Å². The number of hydrogen-bond donors (Lipinski definition) is 1. The maximum Gasteiger partial charge on any atom is 0.165 e. The Bertz CT molecular complexity index is 627. The van der Waals surface area contributed by atoms with Crippen molar-refractivity contribution in [2.75, 3.05) is 0 Å². The number of carbonyl (C=O) groups excluding carboxylic acids is 1. The number of hydrogen-bond acceptors (Lipinski definition) is 1. The molecule has 2 saturated carbocycles. The SMILES string of the molecule is O=C(CC1CC2CCC1C2)c1c[nH]c2ccccc12. The van der Waals surface area contributed by atoms with Crippen molar-refractivity contribution >= 4 is 16.7 Å². The molecule has 1 N–H and O–H groups in total. The molecule has 2 bridgehead atoms. The van der Waals surface area contributed by atoms with E-state index in [2.05, 4.69) is 4.98 Å². The number of ketones is 1. The molecular weight excluding hydrogens is 234 g/mol. The molecule has 2 heteroatoms. The molecule has 1 heterocycles. The maximum absolute atomic E-state index is 12.5. The fourth-order valence-corrected chi connectivity index (χ4v) is 4.28. The number of H-pyrrole nitrogens is 1. The first-order chi connectivity index (χ1) is 9.31. The van der Waals surface area contributed by atoms with Crippen molar-refractivity contribution in [2.24, 2.45) is 17.8 Å². The molecule has 0 saturated heterocycles. The fourth-order valence-electron chi connectivity index (χ4n) is 4.28. The largest absolute Gasteiger partial charge is 0.360 e. The van der Waals surface area contributed by atoms with Gasteiger partial charge in [0.2, 0.25) is 0 Å². The van der Waals surface area contributed by atoms with E-state index in [-0.39, 0.29) is 0 Å². The minimum absolute atomic E-state index is 0.329. The summed E-state index contributed by atoms with van der Waals surface area (Å²) in [6, 6.07) is 8.08. The van der Waals surface area contributed by atoms with Crippen LogP contribution in [0.5, 0.6) is 0 Å². The molecule has 3 atom stereocenters. The Hall–Kier alpha value is -1.57. The van der Waals surface area contributed by atoms with Gasteiger partial charge in [-0.1, -0.05) is 24.6 Å². The van der Waals surface area contributed by atoms with E-state index in [1.54, 1.807) is 0 Å². The number of aromatic amines is 1. The van der Waals surface area contributed by atoms with Gasteiger partial charge in [0.25, 0.3) is 0 Å². The summed E-state index contributed by atoms with van der Waals surface area (Å²) in [5, 5.41) is 1.08. The zero-order valence-electron chi connectivity index (χ0n) is 11.1. The van der Waals surface area contributed by atoms with Gasteiger partial charge in [0, 0.05) is 29.1 Å². The number of carbonyl (C=O) groups is 1. The van der Waals surface area contributed by atoms with Crippen LogP contribution in [0, 0.1) is 17.8 Å². The molecule has 1 aromatic heterocycles. The van der Waals surface area contributed by atoms with Crippen molar-refractivity contribution in [3.63, 3.8) is 0 Å². The van der Waals surface area contributed by atoms with Crippen LogP contribution in [0.4, 0.5) is 0 Å². The highest BCUT2D eigenvalue weighted by Crippen LogP contribution is 2.49. The lowest BCUT2D eigenvalue weighted by Gasteiger charge is -2.20.